The van der Waals surface area contributed by atoms with E-state index in [9.17, 15) is 9.18 Å². The highest BCUT2D eigenvalue weighted by molar-refractivity contribution is 7.15. The Morgan fingerprint density at radius 2 is 1.97 bits per heavy atom. The van der Waals surface area contributed by atoms with Gasteiger partial charge in [-0.05, 0) is 62.8 Å². The Morgan fingerprint density at radius 1 is 1.16 bits per heavy atom. The maximum absolute atomic E-state index is 13.9. The molecule has 1 aliphatic carbocycles. The van der Waals surface area contributed by atoms with Crippen molar-refractivity contribution in [3.8, 4) is 11.3 Å². The molecule has 1 saturated carbocycles. The van der Waals surface area contributed by atoms with Gasteiger partial charge in [0.2, 0.25) is 5.13 Å². The number of hydrogen-bond donors (Lipinski definition) is 1. The number of carbonyl (C=O) groups excluding carboxylic acids is 1. The summed E-state index contributed by atoms with van der Waals surface area (Å²) in [6.07, 6.45) is 3.20. The standard InChI is InChI=1S/C22H23FN6O2S/c1-14-25-28-20(32-14)29-13-22(31-21(29)30)10-8-15(9-11-22)12-24-19-7-6-18(26-27-19)16-4-2-3-5-17(16)23/h2-7,15H,8-13H2,1H3,(H,24,27). The molecule has 1 aromatic carbocycles. The minimum Gasteiger partial charge on any atom is -0.441 e. The van der Waals surface area contributed by atoms with Crippen LogP contribution in [0.4, 0.5) is 20.1 Å². The van der Waals surface area contributed by atoms with Crippen LogP contribution in [-0.4, -0.2) is 45.2 Å². The van der Waals surface area contributed by atoms with E-state index >= 15 is 0 Å². The molecule has 1 spiro atoms. The summed E-state index contributed by atoms with van der Waals surface area (Å²) in [5, 5.41) is 21.2. The van der Waals surface area contributed by atoms with Crippen molar-refractivity contribution >= 4 is 28.4 Å². The maximum Gasteiger partial charge on any atom is 0.416 e. The van der Waals surface area contributed by atoms with Crippen LogP contribution in [0.2, 0.25) is 0 Å². The molecule has 5 rings (SSSR count). The van der Waals surface area contributed by atoms with Crippen molar-refractivity contribution < 1.29 is 13.9 Å². The number of carbonyl (C=O) groups is 1. The van der Waals surface area contributed by atoms with Crippen LogP contribution in [0.25, 0.3) is 11.3 Å². The number of hydrogen-bond acceptors (Lipinski definition) is 8. The van der Waals surface area contributed by atoms with Gasteiger partial charge in [-0.1, -0.05) is 23.5 Å². The molecule has 166 valence electrons. The van der Waals surface area contributed by atoms with Gasteiger partial charge < -0.3 is 10.1 Å². The minimum atomic E-state index is -0.436. The summed E-state index contributed by atoms with van der Waals surface area (Å²) >= 11 is 1.40. The average Bonchev–Trinajstić information content (AvgIpc) is 3.37. The highest BCUT2D eigenvalue weighted by atomic mass is 32.1. The summed E-state index contributed by atoms with van der Waals surface area (Å²) < 4.78 is 19.7. The second kappa shape index (κ2) is 8.42. The molecule has 0 bridgehead atoms. The fourth-order valence-corrected chi connectivity index (χ4v) is 5.00. The van der Waals surface area contributed by atoms with Crippen molar-refractivity contribution in [3.63, 3.8) is 0 Å². The van der Waals surface area contributed by atoms with Crippen LogP contribution in [0.1, 0.15) is 30.7 Å². The molecule has 0 unspecified atom stereocenters. The lowest BCUT2D eigenvalue weighted by molar-refractivity contribution is 0.0148. The predicted molar refractivity (Wildman–Crippen MR) is 119 cm³/mol. The van der Waals surface area contributed by atoms with Gasteiger partial charge >= 0.3 is 6.09 Å². The number of halogens is 1. The monoisotopic (exact) mass is 454 g/mol. The molecule has 8 nitrogen and oxygen atoms in total. The molecule has 3 heterocycles. The Hall–Kier alpha value is -3.14. The summed E-state index contributed by atoms with van der Waals surface area (Å²) in [5.74, 6) is 0.798. The molecule has 1 saturated heterocycles. The summed E-state index contributed by atoms with van der Waals surface area (Å²) in [7, 11) is 0. The fraction of sp³-hybridized carbons (Fsp3) is 0.409. The molecule has 2 fully saturated rings. The Morgan fingerprint density at radius 3 is 2.66 bits per heavy atom. The lowest BCUT2D eigenvalue weighted by Gasteiger charge is -2.35. The van der Waals surface area contributed by atoms with Crippen LogP contribution >= 0.6 is 11.3 Å². The third kappa shape index (κ3) is 4.14. The van der Waals surface area contributed by atoms with E-state index < -0.39 is 5.60 Å². The molecule has 2 aromatic heterocycles. The third-order valence-electron chi connectivity index (χ3n) is 6.12. The molecule has 32 heavy (non-hydrogen) atoms. The first-order valence-electron chi connectivity index (χ1n) is 10.6. The average molecular weight is 455 g/mol. The van der Waals surface area contributed by atoms with Gasteiger partial charge in [0.1, 0.15) is 22.2 Å². The number of anilines is 2. The zero-order valence-electron chi connectivity index (χ0n) is 17.6. The van der Waals surface area contributed by atoms with Crippen molar-refractivity contribution in [1.29, 1.82) is 0 Å². The second-order valence-electron chi connectivity index (χ2n) is 8.35. The largest absolute Gasteiger partial charge is 0.441 e. The third-order valence-corrected chi connectivity index (χ3v) is 6.98. The highest BCUT2D eigenvalue weighted by Crippen LogP contribution is 2.41. The van der Waals surface area contributed by atoms with Crippen molar-refractivity contribution in [2.75, 3.05) is 23.3 Å². The Kier molecular flexibility index (Phi) is 5.46. The van der Waals surface area contributed by atoms with Gasteiger partial charge in [-0.25, -0.2) is 14.1 Å². The van der Waals surface area contributed by atoms with Gasteiger partial charge in [0.25, 0.3) is 0 Å². The maximum atomic E-state index is 13.9. The van der Waals surface area contributed by atoms with Crippen LogP contribution in [-0.2, 0) is 4.74 Å². The van der Waals surface area contributed by atoms with Crippen LogP contribution in [0, 0.1) is 18.7 Å². The van der Waals surface area contributed by atoms with E-state index in [1.807, 2.05) is 13.0 Å². The molecule has 1 amide bonds. The first kappa shape index (κ1) is 20.7. The number of nitrogens with one attached hydrogen (secondary N) is 1. The molecular weight excluding hydrogens is 431 g/mol. The minimum absolute atomic E-state index is 0.314. The van der Waals surface area contributed by atoms with Gasteiger partial charge in [-0.15, -0.1) is 20.4 Å². The summed E-state index contributed by atoms with van der Waals surface area (Å²) in [6, 6.07) is 10.1. The normalized spacial score (nSPS) is 22.9. The topological polar surface area (TPSA) is 93.1 Å². The van der Waals surface area contributed by atoms with Crippen molar-refractivity contribution in [1.82, 2.24) is 20.4 Å². The number of nitrogens with zero attached hydrogens (tertiary/aromatic N) is 5. The highest BCUT2D eigenvalue weighted by Gasteiger charge is 2.48. The molecule has 1 aliphatic heterocycles. The van der Waals surface area contributed by atoms with E-state index in [1.54, 1.807) is 29.2 Å². The van der Waals surface area contributed by atoms with Crippen molar-refractivity contribution in [2.45, 2.75) is 38.2 Å². The lowest BCUT2D eigenvalue weighted by atomic mass is 9.78. The fourth-order valence-electron chi connectivity index (χ4n) is 4.32. The number of ether oxygens (including phenoxy) is 1. The number of aromatic nitrogens is 4. The van der Waals surface area contributed by atoms with Gasteiger partial charge in [0.15, 0.2) is 0 Å². The zero-order valence-corrected chi connectivity index (χ0v) is 18.4. The number of amides is 1. The first-order chi connectivity index (χ1) is 15.5. The zero-order chi connectivity index (χ0) is 22.1. The van der Waals surface area contributed by atoms with Crippen molar-refractivity contribution in [3.05, 3.63) is 47.2 Å². The number of benzene rings is 1. The van der Waals surface area contributed by atoms with Crippen molar-refractivity contribution in [2.24, 2.45) is 5.92 Å². The molecule has 3 aromatic rings. The van der Waals surface area contributed by atoms with E-state index in [2.05, 4.69) is 25.7 Å². The van der Waals surface area contributed by atoms with E-state index in [0.29, 0.717) is 34.7 Å². The van der Waals surface area contributed by atoms with Crippen LogP contribution in [0.15, 0.2) is 36.4 Å². The molecule has 0 atom stereocenters. The second-order valence-corrected chi connectivity index (χ2v) is 9.51. The molecular formula is C22H23FN6O2S. The number of aryl methyl sites for hydroxylation is 1. The van der Waals surface area contributed by atoms with Crippen LogP contribution in [0.3, 0.4) is 0 Å². The molecule has 10 heteroatoms. The van der Waals surface area contributed by atoms with Gasteiger partial charge in [0.05, 0.1) is 12.2 Å². The van der Waals surface area contributed by atoms with E-state index in [0.717, 1.165) is 37.2 Å². The Labute approximate surface area is 188 Å². The van der Waals surface area contributed by atoms with E-state index in [4.69, 9.17) is 4.74 Å². The number of rotatable bonds is 5. The Bertz CT molecular complexity index is 1110. The summed E-state index contributed by atoms with van der Waals surface area (Å²) in [5.41, 5.74) is 0.508. The van der Waals surface area contributed by atoms with Gasteiger partial charge in [0, 0.05) is 12.1 Å². The van der Waals surface area contributed by atoms with Gasteiger partial charge in [-0.2, -0.15) is 0 Å². The molecule has 1 N–H and O–H groups in total. The van der Waals surface area contributed by atoms with E-state index in [1.165, 1.54) is 17.4 Å². The smallest absolute Gasteiger partial charge is 0.416 e. The van der Waals surface area contributed by atoms with E-state index in [-0.39, 0.29) is 11.9 Å². The molecule has 0 radical (unpaired) electrons. The first-order valence-corrected chi connectivity index (χ1v) is 11.5. The summed E-state index contributed by atoms with van der Waals surface area (Å²) in [6.45, 7) is 3.16. The molecule has 2 aliphatic rings. The SMILES string of the molecule is Cc1nnc(N2CC3(CCC(CNc4ccc(-c5ccccc5F)nn4)CC3)OC2=O)s1. The predicted octanol–water partition coefficient (Wildman–Crippen LogP) is 4.44. The van der Waals surface area contributed by atoms with Crippen LogP contribution in [0.5, 0.6) is 0 Å². The summed E-state index contributed by atoms with van der Waals surface area (Å²) in [4.78, 5) is 14.0. The van der Waals surface area contributed by atoms with Gasteiger partial charge in [-0.3, -0.25) is 0 Å². The lowest BCUT2D eigenvalue weighted by Crippen LogP contribution is -2.39. The quantitative estimate of drug-likeness (QED) is 0.609. The van der Waals surface area contributed by atoms with Crippen LogP contribution < -0.4 is 10.2 Å². The Balaban J connectivity index is 1.14.